The van der Waals surface area contributed by atoms with Crippen LogP contribution in [0.2, 0.25) is 0 Å². The maximum absolute atomic E-state index is 15.1. The molecule has 6 amide bonds. The molecule has 424 valence electrons. The first-order chi connectivity index (χ1) is 38.2. The van der Waals surface area contributed by atoms with E-state index in [2.05, 4.69) is 60.3 Å². The van der Waals surface area contributed by atoms with Crippen LogP contribution in [-0.2, 0) is 23.9 Å². The summed E-state index contributed by atoms with van der Waals surface area (Å²) in [7, 11) is -1.68. The molecule has 17 nitrogen and oxygen atoms in total. The molecular formula is C58H68F4N12O5S. The highest BCUT2D eigenvalue weighted by molar-refractivity contribution is 7.84. The van der Waals surface area contributed by atoms with Crippen LogP contribution in [0.1, 0.15) is 117 Å². The summed E-state index contributed by atoms with van der Waals surface area (Å²) in [6.45, 7) is 19.1. The Labute approximate surface area is 466 Å². The molecule has 0 bridgehead atoms. The van der Waals surface area contributed by atoms with E-state index < -0.39 is 57.5 Å². The fraction of sp³-hybridized carbons (Fsp3) is 0.379. The molecule has 8 rings (SSSR count). The van der Waals surface area contributed by atoms with Gasteiger partial charge in [0.05, 0.1) is 35.3 Å². The van der Waals surface area contributed by atoms with Crippen LogP contribution >= 0.6 is 0 Å². The average molecular weight is 1120 g/mol. The normalized spacial score (nSPS) is 13.3. The van der Waals surface area contributed by atoms with E-state index >= 15 is 8.78 Å². The number of urea groups is 2. The number of hydrogen-bond donors (Lipinski definition) is 5. The van der Waals surface area contributed by atoms with Crippen molar-refractivity contribution in [2.75, 3.05) is 47.6 Å². The van der Waals surface area contributed by atoms with Crippen molar-refractivity contribution in [2.45, 2.75) is 118 Å². The molecule has 6 aromatic rings. The van der Waals surface area contributed by atoms with Crippen LogP contribution in [0.4, 0.5) is 56.1 Å². The van der Waals surface area contributed by atoms with Crippen LogP contribution in [0.3, 0.4) is 0 Å². The van der Waals surface area contributed by atoms with Crippen molar-refractivity contribution < 1.29 is 40.9 Å². The van der Waals surface area contributed by atoms with E-state index in [4.69, 9.17) is 4.98 Å². The molecule has 0 saturated heterocycles. The fourth-order valence-electron chi connectivity index (χ4n) is 9.10. The van der Waals surface area contributed by atoms with Crippen LogP contribution in [-0.4, -0.2) is 97.4 Å². The number of carbonyl (C=O) groups is 4. The van der Waals surface area contributed by atoms with Crippen molar-refractivity contribution in [3.63, 3.8) is 0 Å². The highest BCUT2D eigenvalue weighted by Crippen LogP contribution is 2.41. The van der Waals surface area contributed by atoms with Gasteiger partial charge in [-0.1, -0.05) is 51.0 Å². The first-order valence-electron chi connectivity index (χ1n) is 26.7. The Morgan fingerprint density at radius 1 is 0.637 bits per heavy atom. The van der Waals surface area contributed by atoms with E-state index in [1.807, 2.05) is 47.6 Å². The zero-order chi connectivity index (χ0) is 57.9. The maximum atomic E-state index is 15.1. The molecule has 4 aromatic carbocycles. The Hall–Kier alpha value is -7.85. The van der Waals surface area contributed by atoms with Crippen molar-refractivity contribution in [3.05, 3.63) is 129 Å². The molecule has 5 N–H and O–H groups in total. The SMILES string of the molecule is CCCCN(CCCC)CCCNc1nc(-c2cc(C(=O)NC(C)C)ccc2C)c2c(n1)N(c1c(F)cccc1F)C(=O)NC2.Cc1ccc(C(=O)NC(C)C)cc1-c1nc(S(C)=O)nc2c1CNC(=O)N2c1c(F)cccc1F. The van der Waals surface area contributed by atoms with Crippen molar-refractivity contribution >= 4 is 63.6 Å². The van der Waals surface area contributed by atoms with Gasteiger partial charge in [-0.2, -0.15) is 4.98 Å². The molecule has 22 heteroatoms. The number of nitrogens with zero attached hydrogens (tertiary/aromatic N) is 7. The van der Waals surface area contributed by atoms with Gasteiger partial charge >= 0.3 is 12.1 Å². The van der Waals surface area contributed by atoms with Crippen LogP contribution in [0.25, 0.3) is 22.5 Å². The quantitative estimate of drug-likeness (QED) is 0.0276. The molecule has 1 atom stereocenters. The van der Waals surface area contributed by atoms with E-state index in [9.17, 15) is 32.2 Å². The lowest BCUT2D eigenvalue weighted by molar-refractivity contribution is 0.0934. The second-order valence-corrected chi connectivity index (χ2v) is 21.4. The Morgan fingerprint density at radius 2 is 1.06 bits per heavy atom. The summed E-state index contributed by atoms with van der Waals surface area (Å²) in [6.07, 6.45) is 6.76. The Balaban J connectivity index is 0.000000238. The Bertz CT molecular complexity index is 3260. The summed E-state index contributed by atoms with van der Waals surface area (Å²) in [6, 6.07) is 15.5. The maximum Gasteiger partial charge on any atom is 0.328 e. The predicted octanol–water partition coefficient (Wildman–Crippen LogP) is 10.9. The second-order valence-electron chi connectivity index (χ2n) is 20.1. The van der Waals surface area contributed by atoms with Crippen molar-refractivity contribution in [1.82, 2.24) is 46.1 Å². The van der Waals surface area contributed by atoms with Gasteiger partial charge in [-0.05, 0) is 140 Å². The van der Waals surface area contributed by atoms with Gasteiger partial charge in [0, 0.05) is 58.3 Å². The van der Waals surface area contributed by atoms with Gasteiger partial charge < -0.3 is 31.5 Å². The molecule has 1 unspecified atom stereocenters. The number of anilines is 5. The number of benzene rings is 4. The summed E-state index contributed by atoms with van der Waals surface area (Å²) >= 11 is 0. The van der Waals surface area contributed by atoms with Crippen molar-refractivity contribution in [3.8, 4) is 22.5 Å². The first kappa shape index (κ1) is 59.8. The van der Waals surface area contributed by atoms with E-state index in [0.717, 1.165) is 96.9 Å². The Kier molecular flexibility index (Phi) is 20.1. The van der Waals surface area contributed by atoms with Gasteiger partial charge in [0.1, 0.15) is 34.6 Å². The largest absolute Gasteiger partial charge is 0.354 e. The van der Waals surface area contributed by atoms with Gasteiger partial charge in [-0.25, -0.2) is 51.9 Å². The number of halogens is 4. The highest BCUT2D eigenvalue weighted by Gasteiger charge is 2.36. The van der Waals surface area contributed by atoms with Gasteiger partial charge in [0.2, 0.25) is 11.1 Å². The van der Waals surface area contributed by atoms with E-state index in [0.29, 0.717) is 51.3 Å². The third-order valence-electron chi connectivity index (χ3n) is 13.1. The average Bonchev–Trinajstić information content (AvgIpc) is 3.41. The van der Waals surface area contributed by atoms with Crippen LogP contribution in [0.5, 0.6) is 0 Å². The highest BCUT2D eigenvalue weighted by atomic mass is 32.2. The van der Waals surface area contributed by atoms with Gasteiger partial charge in [-0.15, -0.1) is 0 Å². The lowest BCUT2D eigenvalue weighted by Crippen LogP contribution is -2.43. The number of fused-ring (bicyclic) bond motifs is 2. The third kappa shape index (κ3) is 13.9. The minimum Gasteiger partial charge on any atom is -0.354 e. The number of nitrogens with one attached hydrogen (secondary N) is 5. The summed E-state index contributed by atoms with van der Waals surface area (Å²) in [4.78, 5) is 73.9. The number of hydrogen-bond acceptors (Lipinski definition) is 11. The minimum absolute atomic E-state index is 0.0332. The van der Waals surface area contributed by atoms with E-state index in [1.165, 1.54) is 18.4 Å². The molecule has 2 aromatic heterocycles. The summed E-state index contributed by atoms with van der Waals surface area (Å²) in [5.41, 5.74) is 4.10. The first-order valence-corrected chi connectivity index (χ1v) is 28.3. The van der Waals surface area contributed by atoms with Crippen molar-refractivity contribution in [1.29, 1.82) is 0 Å². The third-order valence-corrected chi connectivity index (χ3v) is 13.8. The number of aromatic nitrogens is 4. The lowest BCUT2D eigenvalue weighted by Gasteiger charge is -2.31. The lowest BCUT2D eigenvalue weighted by atomic mass is 9.97. The van der Waals surface area contributed by atoms with Crippen molar-refractivity contribution in [2.24, 2.45) is 0 Å². The molecule has 0 spiro atoms. The van der Waals surface area contributed by atoms with Gasteiger partial charge in [0.15, 0.2) is 11.6 Å². The topological polar surface area (TPSA) is 207 Å². The van der Waals surface area contributed by atoms with Gasteiger partial charge in [0.25, 0.3) is 11.8 Å². The van der Waals surface area contributed by atoms with Crippen LogP contribution in [0.15, 0.2) is 78.0 Å². The van der Waals surface area contributed by atoms with Gasteiger partial charge in [-0.3, -0.25) is 13.8 Å². The number of aryl methyl sites for hydroxylation is 2. The van der Waals surface area contributed by atoms with Crippen LogP contribution in [0, 0.1) is 37.1 Å². The number of carbonyl (C=O) groups excluding carboxylic acids is 4. The fourth-order valence-corrected chi connectivity index (χ4v) is 9.54. The zero-order valence-electron chi connectivity index (χ0n) is 46.5. The summed E-state index contributed by atoms with van der Waals surface area (Å²) < 4.78 is 71.9. The second kappa shape index (κ2) is 26.9. The minimum atomic E-state index is -1.68. The number of unbranched alkanes of at least 4 members (excludes halogenated alkanes) is 2. The molecule has 2 aliphatic rings. The molecule has 0 fully saturated rings. The summed E-state index contributed by atoms with van der Waals surface area (Å²) in [5.74, 6) is -4.00. The Morgan fingerprint density at radius 3 is 1.49 bits per heavy atom. The molecule has 80 heavy (non-hydrogen) atoms. The molecule has 4 heterocycles. The molecule has 0 saturated carbocycles. The molecule has 0 aliphatic carbocycles. The number of amides is 6. The monoisotopic (exact) mass is 1120 g/mol. The molecular weight excluding hydrogens is 1050 g/mol. The number of para-hydroxylation sites is 2. The van der Waals surface area contributed by atoms with E-state index in [-0.39, 0.29) is 59.7 Å². The molecule has 0 radical (unpaired) electrons. The van der Waals surface area contributed by atoms with Crippen LogP contribution < -0.4 is 36.4 Å². The van der Waals surface area contributed by atoms with E-state index in [1.54, 1.807) is 30.3 Å². The predicted molar refractivity (Wildman–Crippen MR) is 303 cm³/mol. The summed E-state index contributed by atoms with van der Waals surface area (Å²) in [5, 5.41) is 14.2. The standard InChI is InChI=1S/C34H45F2N7O2.C24H23F2N5O3S/c1-6-8-17-42(18-9-7-2)19-11-16-37-33-40-29(25-20-24(15-14-23(25)5)32(44)39-22(3)4)26-21-38-34(45)43(31(26)41-33)30-27(35)12-10-13-28(30)36;1-12(2)28-22(32)14-9-8-13(3)15(10-14)19-16-11-27-24(33)31(20-17(25)6-5-7-18(20)26)21(16)30-23(29-19)35(4)34/h10,12-15,20,22H,6-9,11,16-19,21H2,1-5H3,(H,38,45)(H,39,44)(H,37,40,41);5-10,12H,11H2,1-4H3,(H,27,33)(H,28,32). The molecule has 2 aliphatic heterocycles. The smallest absolute Gasteiger partial charge is 0.328 e. The number of rotatable bonds is 20. The zero-order valence-corrected chi connectivity index (χ0v) is 47.3.